The predicted molar refractivity (Wildman–Crippen MR) is 92.8 cm³/mol. The zero-order valence-corrected chi connectivity index (χ0v) is 14.8. The fourth-order valence-corrected chi connectivity index (χ4v) is 4.26. The molecule has 3 rings (SSSR count). The number of methoxy groups -OCH3 is 1. The van der Waals surface area contributed by atoms with Gasteiger partial charge in [-0.3, -0.25) is 14.6 Å². The smallest absolute Gasteiger partial charge is 0.237 e. The summed E-state index contributed by atoms with van der Waals surface area (Å²) in [5.41, 5.74) is 1.31. The summed E-state index contributed by atoms with van der Waals surface area (Å²) < 4.78 is 5.14. The highest BCUT2D eigenvalue weighted by atomic mass is 32.1. The van der Waals surface area contributed by atoms with Gasteiger partial charge in [-0.15, -0.1) is 0 Å². The summed E-state index contributed by atoms with van der Waals surface area (Å²) in [6.45, 7) is 7.28. The maximum Gasteiger partial charge on any atom is 0.237 e. The van der Waals surface area contributed by atoms with Crippen LogP contribution in [0.4, 0.5) is 0 Å². The molecule has 0 spiro atoms. The molecule has 0 aromatic carbocycles. The van der Waals surface area contributed by atoms with Crippen molar-refractivity contribution in [3.8, 4) is 0 Å². The summed E-state index contributed by atoms with van der Waals surface area (Å²) in [6.07, 6.45) is 2.23. The lowest BCUT2D eigenvalue weighted by Gasteiger charge is -2.35. The van der Waals surface area contributed by atoms with Gasteiger partial charge in [0, 0.05) is 46.4 Å². The van der Waals surface area contributed by atoms with E-state index in [1.54, 1.807) is 18.4 Å². The van der Waals surface area contributed by atoms with Crippen LogP contribution < -0.4 is 0 Å². The van der Waals surface area contributed by atoms with Crippen molar-refractivity contribution in [1.82, 2.24) is 14.7 Å². The minimum atomic E-state index is 0.295. The standard InChI is InChI=1S/C17H27N3O2S/c1-22-11-10-18-6-8-19(9-7-18)13-17(21)20-5-2-3-16(20)15-4-12-23-14-15/h4,12,14,16H,2-3,5-11,13H2,1H3/t16-/m0/s1. The van der Waals surface area contributed by atoms with Gasteiger partial charge < -0.3 is 9.64 Å². The molecule has 6 heteroatoms. The van der Waals surface area contributed by atoms with Gasteiger partial charge in [-0.25, -0.2) is 0 Å². The van der Waals surface area contributed by atoms with E-state index in [1.807, 2.05) is 0 Å². The first kappa shape index (κ1) is 16.9. The first-order valence-corrected chi connectivity index (χ1v) is 9.47. The lowest BCUT2D eigenvalue weighted by atomic mass is 10.1. The zero-order chi connectivity index (χ0) is 16.1. The minimum Gasteiger partial charge on any atom is -0.383 e. The summed E-state index contributed by atoms with van der Waals surface area (Å²) in [7, 11) is 1.74. The highest BCUT2D eigenvalue weighted by molar-refractivity contribution is 7.07. The second kappa shape index (κ2) is 8.24. The van der Waals surface area contributed by atoms with E-state index in [9.17, 15) is 4.79 Å². The van der Waals surface area contributed by atoms with Gasteiger partial charge in [0.15, 0.2) is 0 Å². The van der Waals surface area contributed by atoms with Gasteiger partial charge in [0.05, 0.1) is 19.2 Å². The molecule has 2 saturated heterocycles. The Morgan fingerprint density at radius 1 is 1.26 bits per heavy atom. The van der Waals surface area contributed by atoms with Gasteiger partial charge in [-0.05, 0) is 35.2 Å². The van der Waals surface area contributed by atoms with Crippen molar-refractivity contribution in [2.75, 3.05) is 59.5 Å². The summed E-state index contributed by atoms with van der Waals surface area (Å²) in [6, 6.07) is 2.46. The van der Waals surface area contributed by atoms with Gasteiger partial charge in [-0.2, -0.15) is 11.3 Å². The summed E-state index contributed by atoms with van der Waals surface area (Å²) in [4.78, 5) is 19.5. The molecule has 3 heterocycles. The summed E-state index contributed by atoms with van der Waals surface area (Å²) in [5.74, 6) is 0.295. The van der Waals surface area contributed by atoms with Crippen molar-refractivity contribution in [3.05, 3.63) is 22.4 Å². The molecule has 23 heavy (non-hydrogen) atoms. The molecule has 1 atom stereocenters. The molecule has 2 aliphatic rings. The Morgan fingerprint density at radius 2 is 2.04 bits per heavy atom. The summed E-state index contributed by atoms with van der Waals surface area (Å²) >= 11 is 1.72. The zero-order valence-electron chi connectivity index (χ0n) is 13.9. The topological polar surface area (TPSA) is 36.0 Å². The van der Waals surface area contributed by atoms with E-state index < -0.39 is 0 Å². The third-order valence-electron chi connectivity index (χ3n) is 4.94. The molecular formula is C17H27N3O2S. The van der Waals surface area contributed by atoms with Crippen LogP contribution in [0.2, 0.25) is 0 Å². The first-order valence-electron chi connectivity index (χ1n) is 8.53. The number of carbonyl (C=O) groups is 1. The maximum absolute atomic E-state index is 12.7. The Kier molecular flexibility index (Phi) is 6.05. The Hall–Kier alpha value is -0.950. The molecule has 1 aromatic heterocycles. The van der Waals surface area contributed by atoms with E-state index >= 15 is 0 Å². The van der Waals surface area contributed by atoms with Crippen LogP contribution in [0.1, 0.15) is 24.4 Å². The molecular weight excluding hydrogens is 310 g/mol. The number of piperazine rings is 1. The third kappa shape index (κ3) is 4.32. The quantitative estimate of drug-likeness (QED) is 0.791. The van der Waals surface area contributed by atoms with Crippen LogP contribution in [-0.4, -0.2) is 80.1 Å². The number of likely N-dealkylation sites (tertiary alicyclic amines) is 1. The molecule has 0 unspecified atom stereocenters. The lowest BCUT2D eigenvalue weighted by molar-refractivity contribution is -0.133. The molecule has 0 aliphatic carbocycles. The average Bonchev–Trinajstić information content (AvgIpc) is 3.24. The monoisotopic (exact) mass is 337 g/mol. The molecule has 1 amide bonds. The highest BCUT2D eigenvalue weighted by Gasteiger charge is 2.31. The van der Waals surface area contributed by atoms with Crippen LogP contribution in [0.15, 0.2) is 16.8 Å². The van der Waals surface area contributed by atoms with Gasteiger partial charge in [0.1, 0.15) is 0 Å². The molecule has 2 aliphatic heterocycles. The molecule has 2 fully saturated rings. The number of amides is 1. The largest absolute Gasteiger partial charge is 0.383 e. The number of nitrogens with zero attached hydrogens (tertiary/aromatic N) is 3. The number of thiophene rings is 1. The third-order valence-corrected chi connectivity index (χ3v) is 5.64. The molecule has 5 nitrogen and oxygen atoms in total. The van der Waals surface area contributed by atoms with E-state index in [0.717, 1.165) is 58.7 Å². The number of carbonyl (C=O) groups excluding carboxylic acids is 1. The Balaban J connectivity index is 1.48. The van der Waals surface area contributed by atoms with Gasteiger partial charge in [0.2, 0.25) is 5.91 Å². The van der Waals surface area contributed by atoms with Crippen LogP contribution in [0.3, 0.4) is 0 Å². The number of rotatable bonds is 6. The SMILES string of the molecule is COCCN1CCN(CC(=O)N2CCC[C@H]2c2ccsc2)CC1. The van der Waals surface area contributed by atoms with E-state index in [4.69, 9.17) is 4.74 Å². The predicted octanol–water partition coefficient (Wildman–Crippen LogP) is 1.68. The molecule has 0 N–H and O–H groups in total. The first-order chi connectivity index (χ1) is 11.3. The highest BCUT2D eigenvalue weighted by Crippen LogP contribution is 2.33. The fourth-order valence-electron chi connectivity index (χ4n) is 3.55. The second-order valence-electron chi connectivity index (χ2n) is 6.41. The van der Waals surface area contributed by atoms with Crippen LogP contribution in [0.25, 0.3) is 0 Å². The molecule has 0 bridgehead atoms. The minimum absolute atomic E-state index is 0.295. The van der Waals surface area contributed by atoms with Crippen molar-refractivity contribution in [2.45, 2.75) is 18.9 Å². The van der Waals surface area contributed by atoms with E-state index in [2.05, 4.69) is 31.5 Å². The average molecular weight is 337 g/mol. The molecule has 128 valence electrons. The Bertz CT molecular complexity index is 486. The van der Waals surface area contributed by atoms with Gasteiger partial charge in [0.25, 0.3) is 0 Å². The van der Waals surface area contributed by atoms with Crippen LogP contribution in [0, 0.1) is 0 Å². The Morgan fingerprint density at radius 3 is 2.74 bits per heavy atom. The van der Waals surface area contributed by atoms with Crippen molar-refractivity contribution < 1.29 is 9.53 Å². The van der Waals surface area contributed by atoms with Gasteiger partial charge in [-0.1, -0.05) is 0 Å². The fraction of sp³-hybridized carbons (Fsp3) is 0.706. The van der Waals surface area contributed by atoms with E-state index in [0.29, 0.717) is 18.5 Å². The second-order valence-corrected chi connectivity index (χ2v) is 7.19. The van der Waals surface area contributed by atoms with E-state index in [-0.39, 0.29) is 0 Å². The lowest BCUT2D eigenvalue weighted by Crippen LogP contribution is -2.50. The normalized spacial score (nSPS) is 23.5. The maximum atomic E-state index is 12.7. The van der Waals surface area contributed by atoms with Crippen molar-refractivity contribution in [1.29, 1.82) is 0 Å². The van der Waals surface area contributed by atoms with Crippen molar-refractivity contribution in [2.24, 2.45) is 0 Å². The summed E-state index contributed by atoms with van der Waals surface area (Å²) in [5, 5.41) is 4.29. The molecule has 0 radical (unpaired) electrons. The van der Waals surface area contributed by atoms with Gasteiger partial charge >= 0.3 is 0 Å². The number of hydrogen-bond acceptors (Lipinski definition) is 5. The van der Waals surface area contributed by atoms with Crippen LogP contribution in [-0.2, 0) is 9.53 Å². The number of hydrogen-bond donors (Lipinski definition) is 0. The van der Waals surface area contributed by atoms with Crippen LogP contribution >= 0.6 is 11.3 Å². The van der Waals surface area contributed by atoms with E-state index in [1.165, 1.54) is 5.56 Å². The van der Waals surface area contributed by atoms with Crippen LogP contribution in [0.5, 0.6) is 0 Å². The Labute approximate surface area is 142 Å². The number of ether oxygens (including phenoxy) is 1. The van der Waals surface area contributed by atoms with Crippen molar-refractivity contribution in [3.63, 3.8) is 0 Å². The molecule has 1 aromatic rings. The van der Waals surface area contributed by atoms with Crippen molar-refractivity contribution >= 4 is 17.2 Å². The molecule has 0 saturated carbocycles.